The minimum atomic E-state index is -1.54. The summed E-state index contributed by atoms with van der Waals surface area (Å²) in [4.78, 5) is 4.24. The van der Waals surface area contributed by atoms with E-state index < -0.39 is 22.7 Å². The molecule has 0 radical (unpaired) electrons. The van der Waals surface area contributed by atoms with E-state index in [1.165, 1.54) is 7.11 Å². The van der Waals surface area contributed by atoms with Gasteiger partial charge in [0.2, 0.25) is 0 Å². The van der Waals surface area contributed by atoms with Gasteiger partial charge in [-0.05, 0) is 6.07 Å². The third-order valence-corrected chi connectivity index (χ3v) is 5.36. The molecule has 3 atom stereocenters. The predicted molar refractivity (Wildman–Crippen MR) is 84.6 cm³/mol. The van der Waals surface area contributed by atoms with Crippen molar-refractivity contribution in [2.45, 2.75) is 11.8 Å². The van der Waals surface area contributed by atoms with Gasteiger partial charge in [0.25, 0.3) is 5.91 Å². The van der Waals surface area contributed by atoms with E-state index in [1.807, 2.05) is 0 Å². The lowest BCUT2D eigenvalue weighted by molar-refractivity contribution is -0.184. The number of rotatable bonds is 3. The number of fused-ring (bicyclic) bond motifs is 2. The Hall–Kier alpha value is -2.81. The average molecular weight is 340 g/mol. The summed E-state index contributed by atoms with van der Waals surface area (Å²) in [5.41, 5.74) is 4.11. The highest BCUT2D eigenvalue weighted by Crippen LogP contribution is 2.83. The minimum absolute atomic E-state index is 0.0568. The van der Waals surface area contributed by atoms with Gasteiger partial charge < -0.3 is 24.7 Å². The molecule has 1 saturated heterocycles. The molecule has 25 heavy (non-hydrogen) atoms. The number of benzene rings is 1. The molecule has 1 spiro atoms. The molecule has 128 valence electrons. The summed E-state index contributed by atoms with van der Waals surface area (Å²) in [6.07, 6.45) is 0. The van der Waals surface area contributed by atoms with Crippen LogP contribution in [0.25, 0.3) is 0 Å². The van der Waals surface area contributed by atoms with Crippen LogP contribution in [0, 0.1) is 33.5 Å². The predicted octanol–water partition coefficient (Wildman–Crippen LogP) is 0.892. The second-order valence-electron chi connectivity index (χ2n) is 6.16. The van der Waals surface area contributed by atoms with Gasteiger partial charge in [-0.3, -0.25) is 0 Å². The Labute approximate surface area is 144 Å². The molecule has 8 heteroatoms. The lowest BCUT2D eigenvalue weighted by Crippen LogP contribution is -2.38. The maximum absolute atomic E-state index is 10.0. The molecule has 2 N–H and O–H groups in total. The zero-order valence-corrected chi connectivity index (χ0v) is 13.8. The standard InChI is InChI=1S/C17H16N4O4/c1-22-10-3-4-11(12(7-10)23-2)13-15(8-18)14(20)21-17(16(13,15)9-19)24-5-6-25-17/h3-4,7,13H,5-6H2,1-2H3,(H2,20,21)/t13-,15+,16+/m1/s1. The smallest absolute Gasteiger partial charge is 0.293 e. The van der Waals surface area contributed by atoms with Crippen molar-refractivity contribution >= 4 is 5.84 Å². The Morgan fingerprint density at radius 3 is 2.48 bits per heavy atom. The molecular formula is C17H16N4O4. The lowest BCUT2D eigenvalue weighted by Gasteiger charge is -2.26. The molecule has 3 aliphatic rings. The lowest BCUT2D eigenvalue weighted by atomic mass is 9.93. The van der Waals surface area contributed by atoms with E-state index in [0.717, 1.165) is 0 Å². The van der Waals surface area contributed by atoms with Gasteiger partial charge in [-0.2, -0.15) is 10.5 Å². The first-order valence-corrected chi connectivity index (χ1v) is 7.75. The summed E-state index contributed by atoms with van der Waals surface area (Å²) >= 11 is 0. The molecule has 2 heterocycles. The molecule has 0 unspecified atom stereocenters. The van der Waals surface area contributed by atoms with Crippen LogP contribution in [0.3, 0.4) is 0 Å². The van der Waals surface area contributed by atoms with Crippen molar-refractivity contribution < 1.29 is 18.9 Å². The summed E-state index contributed by atoms with van der Waals surface area (Å²) in [5.74, 6) is -0.957. The van der Waals surface area contributed by atoms with Crippen molar-refractivity contribution in [1.29, 1.82) is 10.5 Å². The number of hydrogen-bond acceptors (Lipinski definition) is 8. The Balaban J connectivity index is 1.92. The molecule has 0 amide bonds. The fourth-order valence-corrected chi connectivity index (χ4v) is 4.24. The van der Waals surface area contributed by atoms with E-state index in [4.69, 9.17) is 24.7 Å². The summed E-state index contributed by atoms with van der Waals surface area (Å²) < 4.78 is 22.1. The van der Waals surface area contributed by atoms with E-state index in [2.05, 4.69) is 17.1 Å². The van der Waals surface area contributed by atoms with Crippen LogP contribution in [0.4, 0.5) is 0 Å². The number of hydrogen-bond donors (Lipinski definition) is 1. The quantitative estimate of drug-likeness (QED) is 0.866. The Morgan fingerprint density at radius 1 is 1.20 bits per heavy atom. The maximum Gasteiger partial charge on any atom is 0.293 e. The van der Waals surface area contributed by atoms with Crippen molar-refractivity contribution in [3.8, 4) is 23.6 Å². The van der Waals surface area contributed by atoms with E-state index in [0.29, 0.717) is 17.1 Å². The van der Waals surface area contributed by atoms with E-state index >= 15 is 0 Å². The van der Waals surface area contributed by atoms with E-state index in [1.54, 1.807) is 25.3 Å². The van der Waals surface area contributed by atoms with Crippen LogP contribution in [-0.4, -0.2) is 39.2 Å². The van der Waals surface area contributed by atoms with Crippen LogP contribution >= 0.6 is 0 Å². The Morgan fingerprint density at radius 2 is 1.92 bits per heavy atom. The van der Waals surface area contributed by atoms with E-state index in [9.17, 15) is 10.5 Å². The highest BCUT2D eigenvalue weighted by atomic mass is 16.8. The number of amidine groups is 1. The summed E-state index contributed by atoms with van der Waals surface area (Å²) in [6.45, 7) is 0.572. The highest BCUT2D eigenvalue weighted by molar-refractivity contribution is 6.00. The Bertz CT molecular complexity index is 864. The first-order chi connectivity index (χ1) is 12.1. The van der Waals surface area contributed by atoms with Gasteiger partial charge in [-0.25, -0.2) is 4.99 Å². The second-order valence-corrected chi connectivity index (χ2v) is 6.16. The molecular weight excluding hydrogens is 324 g/mol. The molecule has 0 bridgehead atoms. The van der Waals surface area contributed by atoms with Crippen molar-refractivity contribution in [2.75, 3.05) is 27.4 Å². The van der Waals surface area contributed by atoms with Gasteiger partial charge in [-0.15, -0.1) is 0 Å². The molecule has 2 aliphatic heterocycles. The summed E-state index contributed by atoms with van der Waals surface area (Å²) in [5, 5.41) is 20.0. The van der Waals surface area contributed by atoms with Crippen LogP contribution in [-0.2, 0) is 9.47 Å². The molecule has 8 nitrogen and oxygen atoms in total. The summed E-state index contributed by atoms with van der Waals surface area (Å²) in [6, 6.07) is 9.68. The van der Waals surface area contributed by atoms with Crippen LogP contribution in [0.1, 0.15) is 11.5 Å². The van der Waals surface area contributed by atoms with Crippen LogP contribution in [0.15, 0.2) is 23.2 Å². The number of nitrogens with zero attached hydrogens (tertiary/aromatic N) is 3. The fourth-order valence-electron chi connectivity index (χ4n) is 4.24. The van der Waals surface area contributed by atoms with Gasteiger partial charge in [0.05, 0.1) is 39.6 Å². The molecule has 0 aromatic heterocycles. The molecule has 1 saturated carbocycles. The molecule has 1 aliphatic carbocycles. The largest absolute Gasteiger partial charge is 0.497 e. The first-order valence-electron chi connectivity index (χ1n) is 7.75. The van der Waals surface area contributed by atoms with Crippen molar-refractivity contribution in [2.24, 2.45) is 21.6 Å². The SMILES string of the molecule is COc1ccc([C@@H]2[C@@]3(C#N)C(N)=NC4(OCCO4)[C@@]23C#N)c(OC)c1. The van der Waals surface area contributed by atoms with Gasteiger partial charge in [0, 0.05) is 17.5 Å². The van der Waals surface area contributed by atoms with Crippen LogP contribution < -0.4 is 15.2 Å². The number of nitriles is 2. The number of aliphatic imine (C=N–C) groups is 1. The van der Waals surface area contributed by atoms with Crippen molar-refractivity contribution in [3.63, 3.8) is 0 Å². The van der Waals surface area contributed by atoms with Gasteiger partial charge >= 0.3 is 0 Å². The number of methoxy groups -OCH3 is 2. The summed E-state index contributed by atoms with van der Waals surface area (Å²) in [7, 11) is 3.07. The Kier molecular flexibility index (Phi) is 3.05. The van der Waals surface area contributed by atoms with Crippen molar-refractivity contribution in [1.82, 2.24) is 0 Å². The second kappa shape index (κ2) is 4.85. The monoisotopic (exact) mass is 340 g/mol. The van der Waals surface area contributed by atoms with Gasteiger partial charge in [0.15, 0.2) is 5.41 Å². The third-order valence-electron chi connectivity index (χ3n) is 5.36. The molecule has 1 aromatic rings. The van der Waals surface area contributed by atoms with Gasteiger partial charge in [-0.1, -0.05) is 6.07 Å². The maximum atomic E-state index is 10.0. The topological polar surface area (TPSA) is 123 Å². The van der Waals surface area contributed by atoms with Crippen LogP contribution in [0.5, 0.6) is 11.5 Å². The zero-order chi connectivity index (χ0) is 17.9. The third kappa shape index (κ3) is 1.50. The molecule has 2 fully saturated rings. The first kappa shape index (κ1) is 15.7. The highest BCUT2D eigenvalue weighted by Gasteiger charge is 2.94. The average Bonchev–Trinajstić information content (AvgIpc) is 2.88. The number of nitrogens with two attached hydrogens (primary N) is 1. The van der Waals surface area contributed by atoms with Crippen molar-refractivity contribution in [3.05, 3.63) is 23.8 Å². The molecule has 1 aromatic carbocycles. The minimum Gasteiger partial charge on any atom is -0.497 e. The zero-order valence-electron chi connectivity index (χ0n) is 13.8. The number of ether oxygens (including phenoxy) is 4. The fraction of sp³-hybridized carbons (Fsp3) is 0.471. The molecule has 4 rings (SSSR count). The van der Waals surface area contributed by atoms with Gasteiger partial charge in [0.1, 0.15) is 22.7 Å². The van der Waals surface area contributed by atoms with Crippen LogP contribution in [0.2, 0.25) is 0 Å². The van der Waals surface area contributed by atoms with E-state index in [-0.39, 0.29) is 19.0 Å². The normalized spacial score (nSPS) is 33.9.